The Hall–Kier alpha value is -1.26. The van der Waals surface area contributed by atoms with Gasteiger partial charge in [0.25, 0.3) is 0 Å². The van der Waals surface area contributed by atoms with E-state index in [0.717, 1.165) is 0 Å². The largest absolute Gasteiger partial charge is 0.971 e. The van der Waals surface area contributed by atoms with Gasteiger partial charge in [-0.2, -0.15) is 0 Å². The topological polar surface area (TPSA) is 11.3 Å². The molecule has 0 aliphatic rings. The summed E-state index contributed by atoms with van der Waals surface area (Å²) in [5, 5.41) is 0. The fraction of sp³-hybridized carbons (Fsp3) is 0. The van der Waals surface area contributed by atoms with Gasteiger partial charge in [0.05, 0.1) is 5.56 Å². The van der Waals surface area contributed by atoms with Crippen molar-refractivity contribution in [2.45, 2.75) is 0 Å². The molecule has 1 nitrogen and oxygen atoms in total. The van der Waals surface area contributed by atoms with Crippen molar-refractivity contribution in [1.82, 2.24) is 0 Å². The Bertz CT molecular complexity index is 268. The standard InChI is InChI=1S/C7H6BF3O/c9-8(10,11)12-6-7-4-2-1-3-5-7/h1-6H. The first-order chi connectivity index (χ1) is 5.58. The number of halogens is 3. The lowest BCUT2D eigenvalue weighted by molar-refractivity contribution is -0.161. The molecule has 0 saturated carbocycles. The average Bonchev–Trinajstić information content (AvgIpc) is 2.02. The smallest absolute Gasteiger partial charge is 0.452 e. The predicted molar refractivity (Wildman–Crippen MR) is 40.9 cm³/mol. The molecule has 0 amide bonds. The van der Waals surface area contributed by atoms with Crippen LogP contribution in [0.2, 0.25) is 0 Å². The highest BCUT2D eigenvalue weighted by Gasteiger charge is 2.44. The molecule has 12 heavy (non-hydrogen) atoms. The summed E-state index contributed by atoms with van der Waals surface area (Å²) in [7, 11) is -5.18. The minimum Gasteiger partial charge on any atom is -0.452 e. The lowest BCUT2D eigenvalue weighted by Gasteiger charge is -1.92. The van der Waals surface area contributed by atoms with Crippen molar-refractivity contribution in [3.63, 3.8) is 0 Å². The number of hydrogen-bond acceptors (Lipinski definition) is 0. The third kappa shape index (κ3) is 3.23. The summed E-state index contributed by atoms with van der Waals surface area (Å²) in [4.78, 5) is 0. The third-order valence-corrected chi connectivity index (χ3v) is 1.16. The van der Waals surface area contributed by atoms with Crippen molar-refractivity contribution in [2.24, 2.45) is 0 Å². The summed E-state index contributed by atoms with van der Waals surface area (Å²) < 4.78 is 38.2. The molecular formula is C7H6BF3O. The van der Waals surface area contributed by atoms with Crippen LogP contribution < -0.4 is 0 Å². The van der Waals surface area contributed by atoms with Crippen molar-refractivity contribution in [3.05, 3.63) is 35.9 Å². The molecule has 0 aliphatic carbocycles. The molecule has 64 valence electrons. The Labute approximate surface area is 67.6 Å². The van der Waals surface area contributed by atoms with Crippen molar-refractivity contribution >= 4 is 13.5 Å². The van der Waals surface area contributed by atoms with Gasteiger partial charge in [0, 0.05) is 0 Å². The zero-order valence-electron chi connectivity index (χ0n) is 6.08. The Morgan fingerprint density at radius 2 is 1.67 bits per heavy atom. The van der Waals surface area contributed by atoms with Crippen LogP contribution in [-0.4, -0.2) is 13.5 Å². The van der Waals surface area contributed by atoms with Crippen molar-refractivity contribution < 1.29 is 17.3 Å². The summed E-state index contributed by atoms with van der Waals surface area (Å²) in [6, 6.07) is 8.05. The number of hydrogen-bond donors (Lipinski definition) is 0. The maximum Gasteiger partial charge on any atom is 0.971 e. The van der Waals surface area contributed by atoms with Gasteiger partial charge in [-0.3, -0.25) is 0 Å². The molecule has 0 N–H and O–H groups in total. The molecule has 0 fully saturated rings. The highest BCUT2D eigenvalue weighted by atomic mass is 19.4. The van der Waals surface area contributed by atoms with Gasteiger partial charge in [-0.25, -0.2) is 0 Å². The van der Waals surface area contributed by atoms with E-state index in [0.29, 0.717) is 11.8 Å². The SMILES string of the molecule is F[B-](F)(F)[O+]=Cc1ccccc1. The normalized spacial score (nSPS) is 12.2. The van der Waals surface area contributed by atoms with Gasteiger partial charge in [0.2, 0.25) is 6.29 Å². The summed E-state index contributed by atoms with van der Waals surface area (Å²) in [6.07, 6.45) is 0.694. The van der Waals surface area contributed by atoms with Gasteiger partial charge in [-0.1, -0.05) is 18.2 Å². The maximum absolute atomic E-state index is 11.6. The van der Waals surface area contributed by atoms with E-state index in [1.807, 2.05) is 0 Å². The van der Waals surface area contributed by atoms with Gasteiger partial charge >= 0.3 is 7.18 Å². The average molecular weight is 174 g/mol. The number of benzene rings is 1. The number of carbonyl (C=O) groups excluding carboxylic acids is 1. The Morgan fingerprint density at radius 1 is 1.08 bits per heavy atom. The molecule has 0 heterocycles. The molecule has 0 atom stereocenters. The van der Waals surface area contributed by atoms with E-state index in [9.17, 15) is 12.9 Å². The van der Waals surface area contributed by atoms with Gasteiger partial charge < -0.3 is 17.3 Å². The van der Waals surface area contributed by atoms with Gasteiger partial charge in [0.15, 0.2) is 0 Å². The minimum absolute atomic E-state index is 0.400. The van der Waals surface area contributed by atoms with Crippen LogP contribution in [0.1, 0.15) is 9.91 Å². The highest BCUT2D eigenvalue weighted by molar-refractivity contribution is 6.49. The van der Waals surface area contributed by atoms with E-state index in [4.69, 9.17) is 0 Å². The van der Waals surface area contributed by atoms with E-state index in [1.165, 1.54) is 12.1 Å². The molecule has 0 aromatic heterocycles. The molecule has 1 aromatic rings. The summed E-state index contributed by atoms with van der Waals surface area (Å²) in [6.45, 7) is 0. The Morgan fingerprint density at radius 3 is 2.17 bits per heavy atom. The molecule has 1 aromatic carbocycles. The fourth-order valence-electron chi connectivity index (χ4n) is 0.687. The summed E-state index contributed by atoms with van der Waals surface area (Å²) in [5.41, 5.74) is 0.400. The monoisotopic (exact) mass is 174 g/mol. The quantitative estimate of drug-likeness (QED) is 0.370. The van der Waals surface area contributed by atoms with Crippen molar-refractivity contribution in [2.75, 3.05) is 0 Å². The van der Waals surface area contributed by atoms with Gasteiger partial charge in [-0.05, 0) is 12.1 Å². The van der Waals surface area contributed by atoms with Crippen LogP contribution in [0.15, 0.2) is 30.3 Å². The van der Waals surface area contributed by atoms with Crippen LogP contribution in [0.3, 0.4) is 0 Å². The van der Waals surface area contributed by atoms with Crippen molar-refractivity contribution in [1.29, 1.82) is 0 Å². The second-order valence-corrected chi connectivity index (χ2v) is 2.18. The van der Waals surface area contributed by atoms with E-state index in [-0.39, 0.29) is 0 Å². The molecule has 5 heteroatoms. The van der Waals surface area contributed by atoms with Crippen LogP contribution in [0, 0.1) is 0 Å². The zero-order valence-corrected chi connectivity index (χ0v) is 6.08. The molecule has 0 radical (unpaired) electrons. The minimum atomic E-state index is -5.18. The first-order valence-electron chi connectivity index (χ1n) is 3.33. The summed E-state index contributed by atoms with van der Waals surface area (Å²) in [5.74, 6) is 0. The van der Waals surface area contributed by atoms with Gasteiger partial charge in [-0.15, -0.1) is 0 Å². The zero-order chi connectivity index (χ0) is 9.03. The lowest BCUT2D eigenvalue weighted by atomic mass is 10.2. The Balaban J connectivity index is 2.71. The molecule has 1 rings (SSSR count). The first-order valence-corrected chi connectivity index (χ1v) is 3.33. The van der Waals surface area contributed by atoms with Crippen LogP contribution in [0.4, 0.5) is 12.9 Å². The van der Waals surface area contributed by atoms with Crippen LogP contribution in [0.25, 0.3) is 0 Å². The number of aldehydes is 1. The molecule has 0 saturated heterocycles. The molecule has 0 unspecified atom stereocenters. The second kappa shape index (κ2) is 3.43. The molecule has 0 bridgehead atoms. The maximum atomic E-state index is 11.6. The first kappa shape index (κ1) is 8.84. The number of rotatable bonds is 2. The highest BCUT2D eigenvalue weighted by Crippen LogP contribution is 2.08. The predicted octanol–water partition coefficient (Wildman–Crippen LogP) is 2.38. The van der Waals surface area contributed by atoms with E-state index in [1.54, 1.807) is 18.2 Å². The van der Waals surface area contributed by atoms with Crippen LogP contribution in [0.5, 0.6) is 0 Å². The van der Waals surface area contributed by atoms with Crippen LogP contribution >= 0.6 is 0 Å². The molecule has 0 aliphatic heterocycles. The fourth-order valence-corrected chi connectivity index (χ4v) is 0.687. The third-order valence-electron chi connectivity index (χ3n) is 1.16. The molecule has 0 spiro atoms. The summed E-state index contributed by atoms with van der Waals surface area (Å²) >= 11 is 0. The van der Waals surface area contributed by atoms with E-state index in [2.05, 4.69) is 4.34 Å². The van der Waals surface area contributed by atoms with E-state index < -0.39 is 7.18 Å². The second-order valence-electron chi connectivity index (χ2n) is 2.18. The Kier molecular flexibility index (Phi) is 2.52. The lowest BCUT2D eigenvalue weighted by Crippen LogP contribution is -2.12. The van der Waals surface area contributed by atoms with Gasteiger partial charge in [0.1, 0.15) is 0 Å². The van der Waals surface area contributed by atoms with Crippen LogP contribution in [-0.2, 0) is 0 Å². The molecular weight excluding hydrogens is 168 g/mol. The van der Waals surface area contributed by atoms with E-state index >= 15 is 0 Å². The van der Waals surface area contributed by atoms with Crippen molar-refractivity contribution in [3.8, 4) is 0 Å².